The van der Waals surface area contributed by atoms with Gasteiger partial charge in [-0.25, -0.2) is 17.2 Å². The summed E-state index contributed by atoms with van der Waals surface area (Å²) < 4.78 is 58.8. The van der Waals surface area contributed by atoms with E-state index in [1.807, 2.05) is 0 Å². The summed E-state index contributed by atoms with van der Waals surface area (Å²) in [5, 5.41) is 2.85. The van der Waals surface area contributed by atoms with E-state index in [-0.39, 0.29) is 31.0 Å². The van der Waals surface area contributed by atoms with Crippen molar-refractivity contribution in [3.05, 3.63) is 29.8 Å². The lowest BCUT2D eigenvalue weighted by Gasteiger charge is -2.30. The molecular weight excluding hydrogens is 366 g/mol. The zero-order valence-electron chi connectivity index (χ0n) is 14.3. The van der Waals surface area contributed by atoms with Crippen LogP contribution in [0.4, 0.5) is 8.78 Å². The van der Waals surface area contributed by atoms with E-state index in [0.29, 0.717) is 32.1 Å². The lowest BCUT2D eigenvalue weighted by atomic mass is 9.97. The SMILES string of the molecule is O=C(NCC1CCCO1)C1CCN(S(=O)(=O)c2cc(F)ccc2F)CC1. The second-order valence-corrected chi connectivity index (χ2v) is 8.54. The topological polar surface area (TPSA) is 75.7 Å². The summed E-state index contributed by atoms with van der Waals surface area (Å²) in [6, 6.07) is 2.36. The van der Waals surface area contributed by atoms with Gasteiger partial charge in [0.2, 0.25) is 15.9 Å². The maximum Gasteiger partial charge on any atom is 0.246 e. The molecule has 2 aliphatic rings. The molecule has 1 atom stereocenters. The summed E-state index contributed by atoms with van der Waals surface area (Å²) >= 11 is 0. The van der Waals surface area contributed by atoms with Gasteiger partial charge in [-0.3, -0.25) is 4.79 Å². The number of halogens is 2. The van der Waals surface area contributed by atoms with Gasteiger partial charge in [0.1, 0.15) is 16.5 Å². The van der Waals surface area contributed by atoms with Gasteiger partial charge in [0, 0.05) is 32.2 Å². The zero-order valence-corrected chi connectivity index (χ0v) is 15.1. The summed E-state index contributed by atoms with van der Waals surface area (Å²) in [6.45, 7) is 1.37. The average molecular weight is 388 g/mol. The molecule has 1 unspecified atom stereocenters. The zero-order chi connectivity index (χ0) is 18.7. The Labute approximate surface area is 151 Å². The summed E-state index contributed by atoms with van der Waals surface area (Å²) in [5.41, 5.74) is 0. The molecule has 2 aliphatic heterocycles. The third-order valence-corrected chi connectivity index (χ3v) is 6.78. The second-order valence-electron chi connectivity index (χ2n) is 6.63. The first-order valence-electron chi connectivity index (χ1n) is 8.72. The standard InChI is InChI=1S/C17H22F2N2O4S/c18-13-3-4-15(19)16(10-13)26(23,24)21-7-5-12(6-8-21)17(22)20-11-14-2-1-9-25-14/h3-4,10,12,14H,1-2,5-9,11H2,(H,20,22). The monoisotopic (exact) mass is 388 g/mol. The van der Waals surface area contributed by atoms with Crippen LogP contribution in [0.5, 0.6) is 0 Å². The molecule has 1 amide bonds. The molecule has 26 heavy (non-hydrogen) atoms. The number of hydrogen-bond donors (Lipinski definition) is 1. The first-order chi connectivity index (χ1) is 12.4. The van der Waals surface area contributed by atoms with Crippen molar-refractivity contribution < 1.29 is 26.7 Å². The fraction of sp³-hybridized carbons (Fsp3) is 0.588. The average Bonchev–Trinajstić information content (AvgIpc) is 3.15. The van der Waals surface area contributed by atoms with E-state index < -0.39 is 26.6 Å². The van der Waals surface area contributed by atoms with Gasteiger partial charge in [0.05, 0.1) is 6.10 Å². The molecule has 0 aliphatic carbocycles. The highest BCUT2D eigenvalue weighted by Crippen LogP contribution is 2.26. The van der Waals surface area contributed by atoms with E-state index in [0.717, 1.165) is 29.3 Å². The van der Waals surface area contributed by atoms with Crippen LogP contribution in [-0.4, -0.2) is 51.0 Å². The van der Waals surface area contributed by atoms with Crippen molar-refractivity contribution in [2.75, 3.05) is 26.2 Å². The smallest absolute Gasteiger partial charge is 0.246 e. The summed E-state index contributed by atoms with van der Waals surface area (Å²) in [6.07, 6.45) is 2.65. The lowest BCUT2D eigenvalue weighted by molar-refractivity contribution is -0.126. The molecule has 0 spiro atoms. The van der Waals surface area contributed by atoms with Crippen LogP contribution in [0, 0.1) is 17.6 Å². The van der Waals surface area contributed by atoms with Crippen LogP contribution in [0.1, 0.15) is 25.7 Å². The molecule has 2 saturated heterocycles. The molecule has 1 N–H and O–H groups in total. The molecule has 3 rings (SSSR count). The minimum Gasteiger partial charge on any atom is -0.376 e. The maximum absolute atomic E-state index is 13.8. The van der Waals surface area contributed by atoms with Crippen LogP contribution >= 0.6 is 0 Å². The summed E-state index contributed by atoms with van der Waals surface area (Å²) in [4.78, 5) is 11.6. The molecule has 9 heteroatoms. The largest absolute Gasteiger partial charge is 0.376 e. The fourth-order valence-electron chi connectivity index (χ4n) is 3.34. The predicted octanol–water partition coefficient (Wildman–Crippen LogP) is 1.66. The van der Waals surface area contributed by atoms with Gasteiger partial charge in [0.25, 0.3) is 0 Å². The maximum atomic E-state index is 13.8. The fourth-order valence-corrected chi connectivity index (χ4v) is 4.88. The van der Waals surface area contributed by atoms with Crippen LogP contribution in [0.15, 0.2) is 23.1 Å². The van der Waals surface area contributed by atoms with E-state index in [2.05, 4.69) is 5.32 Å². The van der Waals surface area contributed by atoms with Gasteiger partial charge >= 0.3 is 0 Å². The number of carbonyl (C=O) groups excluding carboxylic acids is 1. The van der Waals surface area contributed by atoms with Crippen LogP contribution < -0.4 is 5.32 Å². The highest BCUT2D eigenvalue weighted by molar-refractivity contribution is 7.89. The summed E-state index contributed by atoms with van der Waals surface area (Å²) in [5.74, 6) is -2.20. The van der Waals surface area contributed by atoms with Crippen LogP contribution in [0.25, 0.3) is 0 Å². The number of piperidine rings is 1. The van der Waals surface area contributed by atoms with Crippen LogP contribution in [0.3, 0.4) is 0 Å². The predicted molar refractivity (Wildman–Crippen MR) is 89.8 cm³/mol. The Morgan fingerprint density at radius 3 is 2.62 bits per heavy atom. The van der Waals surface area contributed by atoms with Crippen molar-refractivity contribution in [1.82, 2.24) is 9.62 Å². The number of rotatable bonds is 5. The number of nitrogens with one attached hydrogen (secondary N) is 1. The molecule has 0 bridgehead atoms. The van der Waals surface area contributed by atoms with Crippen molar-refractivity contribution in [3.63, 3.8) is 0 Å². The summed E-state index contributed by atoms with van der Waals surface area (Å²) in [7, 11) is -4.12. The highest BCUT2D eigenvalue weighted by Gasteiger charge is 2.34. The first kappa shape index (κ1) is 19.2. The Morgan fingerprint density at radius 2 is 1.96 bits per heavy atom. The van der Waals surface area contributed by atoms with Crippen molar-refractivity contribution in [2.45, 2.75) is 36.7 Å². The van der Waals surface area contributed by atoms with Gasteiger partial charge in [-0.15, -0.1) is 0 Å². The lowest BCUT2D eigenvalue weighted by Crippen LogP contribution is -2.44. The Morgan fingerprint density at radius 1 is 1.23 bits per heavy atom. The Kier molecular flexibility index (Phi) is 5.89. The molecule has 2 heterocycles. The van der Waals surface area contributed by atoms with E-state index >= 15 is 0 Å². The number of sulfonamides is 1. The quantitative estimate of drug-likeness (QED) is 0.833. The minimum atomic E-state index is -4.12. The van der Waals surface area contributed by atoms with Crippen molar-refractivity contribution in [2.24, 2.45) is 5.92 Å². The normalized spacial score (nSPS) is 22.5. The number of ether oxygens (including phenoxy) is 1. The third kappa shape index (κ3) is 4.21. The van der Waals surface area contributed by atoms with Crippen molar-refractivity contribution in [1.29, 1.82) is 0 Å². The Bertz CT molecular complexity index is 758. The van der Waals surface area contributed by atoms with Gasteiger partial charge in [0.15, 0.2) is 0 Å². The molecule has 144 valence electrons. The van der Waals surface area contributed by atoms with Crippen LogP contribution in [0.2, 0.25) is 0 Å². The second kappa shape index (κ2) is 7.98. The minimum absolute atomic E-state index is 0.0513. The number of amides is 1. The first-order valence-corrected chi connectivity index (χ1v) is 10.2. The van der Waals surface area contributed by atoms with E-state index in [1.54, 1.807) is 0 Å². The van der Waals surface area contributed by atoms with Gasteiger partial charge in [-0.2, -0.15) is 4.31 Å². The van der Waals surface area contributed by atoms with Gasteiger partial charge < -0.3 is 10.1 Å². The van der Waals surface area contributed by atoms with E-state index in [4.69, 9.17) is 4.74 Å². The third-order valence-electron chi connectivity index (χ3n) is 4.86. The number of carbonyl (C=O) groups is 1. The molecule has 1 aromatic carbocycles. The Hall–Kier alpha value is -1.58. The molecule has 6 nitrogen and oxygen atoms in total. The van der Waals surface area contributed by atoms with Crippen molar-refractivity contribution >= 4 is 15.9 Å². The number of hydrogen-bond acceptors (Lipinski definition) is 4. The molecule has 0 aromatic heterocycles. The van der Waals surface area contributed by atoms with E-state index in [1.165, 1.54) is 0 Å². The molecule has 0 saturated carbocycles. The highest BCUT2D eigenvalue weighted by atomic mass is 32.2. The van der Waals surface area contributed by atoms with E-state index in [9.17, 15) is 22.0 Å². The molecule has 0 radical (unpaired) electrons. The molecular formula is C17H22F2N2O4S. The van der Waals surface area contributed by atoms with Gasteiger partial charge in [-0.1, -0.05) is 0 Å². The number of nitrogens with zero attached hydrogens (tertiary/aromatic N) is 1. The van der Waals surface area contributed by atoms with Crippen LogP contribution in [-0.2, 0) is 19.6 Å². The number of benzene rings is 1. The van der Waals surface area contributed by atoms with Crippen molar-refractivity contribution in [3.8, 4) is 0 Å². The molecule has 1 aromatic rings. The Balaban J connectivity index is 1.57. The molecule has 2 fully saturated rings. The van der Waals surface area contributed by atoms with Gasteiger partial charge in [-0.05, 0) is 43.9 Å².